The predicted molar refractivity (Wildman–Crippen MR) is 52.7 cm³/mol. The van der Waals surface area contributed by atoms with Crippen LogP contribution in [0.4, 0.5) is 0 Å². The summed E-state index contributed by atoms with van der Waals surface area (Å²) in [5, 5.41) is 10.0. The maximum Gasteiger partial charge on any atom is 0.353 e. The maximum atomic E-state index is 10.9. The van der Waals surface area contributed by atoms with Crippen molar-refractivity contribution in [3.63, 3.8) is 0 Å². The third-order valence-corrected chi connectivity index (χ3v) is 3.00. The highest BCUT2D eigenvalue weighted by atomic mass is 35.5. The summed E-state index contributed by atoms with van der Waals surface area (Å²) in [7, 11) is 0. The summed E-state index contributed by atoms with van der Waals surface area (Å²) >= 11 is 11.6. The first-order chi connectivity index (χ1) is 6.55. The molecule has 72 valence electrons. The van der Waals surface area contributed by atoms with Gasteiger partial charge in [-0.1, -0.05) is 41.4 Å². The minimum Gasteiger partial charge on any atom is -0.478 e. The van der Waals surface area contributed by atoms with Gasteiger partial charge in [0.25, 0.3) is 5.00 Å². The van der Waals surface area contributed by atoms with Crippen molar-refractivity contribution in [2.45, 2.75) is 5.00 Å². The van der Waals surface area contributed by atoms with Gasteiger partial charge in [-0.25, -0.2) is 9.79 Å². The van der Waals surface area contributed by atoms with E-state index in [1.165, 1.54) is 0 Å². The Bertz CT molecular complexity index is 526. The minimum absolute atomic E-state index is 0.0438. The average molecular weight is 230 g/mol. The highest BCUT2D eigenvalue weighted by molar-refractivity contribution is 6.58. The Labute approximate surface area is 89.3 Å². The molecule has 1 atom stereocenters. The average Bonchev–Trinajstić information content (AvgIpc) is 2.42. The summed E-state index contributed by atoms with van der Waals surface area (Å²) in [6, 6.07) is 6.86. The van der Waals surface area contributed by atoms with Crippen LogP contribution in [0.25, 0.3) is 5.03 Å². The number of hydrogen-bond donors (Lipinski definition) is 1. The molecule has 14 heavy (non-hydrogen) atoms. The Kier molecular flexibility index (Phi) is 2.01. The van der Waals surface area contributed by atoms with Gasteiger partial charge in [-0.15, -0.1) is 0 Å². The molecule has 0 amide bonds. The van der Waals surface area contributed by atoms with E-state index in [0.717, 1.165) is 0 Å². The zero-order valence-corrected chi connectivity index (χ0v) is 8.38. The number of carboxylic acid groups (broad SMARTS) is 1. The lowest BCUT2D eigenvalue weighted by molar-refractivity contribution is -0.138. The second kappa shape index (κ2) is 2.97. The lowest BCUT2D eigenvalue weighted by Gasteiger charge is -2.11. The van der Waals surface area contributed by atoms with Gasteiger partial charge >= 0.3 is 5.97 Å². The lowest BCUT2D eigenvalue weighted by atomic mass is 10.2. The van der Waals surface area contributed by atoms with Crippen molar-refractivity contribution in [3.05, 3.63) is 34.8 Å². The van der Waals surface area contributed by atoms with Crippen LogP contribution in [0.3, 0.4) is 0 Å². The molecule has 1 heterocycles. The van der Waals surface area contributed by atoms with Crippen molar-refractivity contribution in [2.24, 2.45) is 4.99 Å². The minimum atomic E-state index is -1.84. The van der Waals surface area contributed by atoms with E-state index < -0.39 is 11.0 Å². The smallest absolute Gasteiger partial charge is 0.353 e. The first-order valence-corrected chi connectivity index (χ1v) is 4.59. The summed E-state index contributed by atoms with van der Waals surface area (Å²) in [5.41, 5.74) is 0. The molecule has 0 bridgehead atoms. The van der Waals surface area contributed by atoms with E-state index in [-0.39, 0.29) is 5.03 Å². The fourth-order valence-corrected chi connectivity index (χ4v) is 1.77. The van der Waals surface area contributed by atoms with Crippen LogP contribution in [0.2, 0.25) is 0 Å². The Hall–Kier alpha value is -1.06. The van der Waals surface area contributed by atoms with E-state index in [2.05, 4.69) is 4.99 Å². The van der Waals surface area contributed by atoms with Gasteiger partial charge in [0, 0.05) is 5.22 Å². The fourth-order valence-electron chi connectivity index (χ4n) is 1.29. The number of fused-ring (bicyclic) bond motifs is 1. The van der Waals surface area contributed by atoms with Crippen molar-refractivity contribution < 1.29 is 9.90 Å². The first kappa shape index (κ1) is 9.49. The lowest BCUT2D eigenvalue weighted by Crippen LogP contribution is -2.29. The van der Waals surface area contributed by atoms with Gasteiger partial charge in [0.1, 0.15) is 0 Å². The van der Waals surface area contributed by atoms with E-state index in [1.807, 2.05) is 0 Å². The molecule has 0 radical (unpaired) electrons. The summed E-state index contributed by atoms with van der Waals surface area (Å²) in [4.78, 5) is 12.9. The first-order valence-electron chi connectivity index (χ1n) is 3.83. The normalized spacial score (nSPS) is 24.3. The van der Waals surface area contributed by atoms with Gasteiger partial charge in [-0.05, 0) is 6.07 Å². The van der Waals surface area contributed by atoms with Crippen molar-refractivity contribution >= 4 is 34.2 Å². The van der Waals surface area contributed by atoms with E-state index in [1.54, 1.807) is 24.3 Å². The zero-order chi connectivity index (χ0) is 10.3. The molecular weight excluding hydrogens is 225 g/mol. The van der Waals surface area contributed by atoms with Gasteiger partial charge in [0.05, 0.1) is 10.4 Å². The van der Waals surface area contributed by atoms with Gasteiger partial charge in [0.15, 0.2) is 0 Å². The number of carboxylic acids is 1. The van der Waals surface area contributed by atoms with E-state index in [9.17, 15) is 4.79 Å². The second-order valence-electron chi connectivity index (χ2n) is 2.87. The molecule has 5 heteroatoms. The molecule has 1 aromatic rings. The number of hydrogen-bond acceptors (Lipinski definition) is 2. The Balaban J connectivity index is 2.82. The van der Waals surface area contributed by atoms with Crippen molar-refractivity contribution in [3.8, 4) is 0 Å². The molecule has 0 saturated carbocycles. The Morgan fingerprint density at radius 1 is 1.43 bits per heavy atom. The van der Waals surface area contributed by atoms with Crippen LogP contribution in [0.1, 0.15) is 0 Å². The molecule has 0 spiro atoms. The summed E-state index contributed by atoms with van der Waals surface area (Å²) in [6.45, 7) is 0. The van der Waals surface area contributed by atoms with Gasteiger partial charge in [0.2, 0.25) is 0 Å². The SMILES string of the molecule is O=C(O)C1(Cl)N=c2ccccc2=C1Cl. The molecule has 1 N–H and O–H groups in total. The van der Waals surface area contributed by atoms with Crippen molar-refractivity contribution in [1.82, 2.24) is 0 Å². The Morgan fingerprint density at radius 2 is 2.07 bits per heavy atom. The van der Waals surface area contributed by atoms with Crippen molar-refractivity contribution in [2.75, 3.05) is 0 Å². The molecular formula is C9H5Cl2NO2. The largest absolute Gasteiger partial charge is 0.478 e. The number of carbonyl (C=O) groups is 1. The maximum absolute atomic E-state index is 10.9. The summed E-state index contributed by atoms with van der Waals surface area (Å²) in [5.74, 6) is -1.26. The van der Waals surface area contributed by atoms with Crippen LogP contribution < -0.4 is 10.6 Å². The number of halogens is 2. The van der Waals surface area contributed by atoms with Gasteiger partial charge in [-0.2, -0.15) is 0 Å². The summed E-state index contributed by atoms with van der Waals surface area (Å²) < 4.78 is 0. The zero-order valence-electron chi connectivity index (χ0n) is 6.87. The number of nitrogens with zero attached hydrogens (tertiary/aromatic N) is 1. The molecule has 3 nitrogen and oxygen atoms in total. The fraction of sp³-hybridized carbons (Fsp3) is 0.111. The predicted octanol–water partition coefficient (Wildman–Crippen LogP) is 0.687. The van der Waals surface area contributed by atoms with Crippen LogP contribution in [-0.4, -0.2) is 16.1 Å². The van der Waals surface area contributed by atoms with Crippen LogP contribution >= 0.6 is 23.2 Å². The third-order valence-electron chi connectivity index (χ3n) is 1.99. The molecule has 1 unspecified atom stereocenters. The van der Waals surface area contributed by atoms with E-state index in [0.29, 0.717) is 10.6 Å². The van der Waals surface area contributed by atoms with E-state index >= 15 is 0 Å². The molecule has 0 fully saturated rings. The molecule has 1 aromatic carbocycles. The number of aliphatic carboxylic acids is 1. The third kappa shape index (κ3) is 1.13. The van der Waals surface area contributed by atoms with Crippen LogP contribution in [-0.2, 0) is 4.79 Å². The highest BCUT2D eigenvalue weighted by Crippen LogP contribution is 2.31. The Morgan fingerprint density at radius 3 is 2.64 bits per heavy atom. The molecule has 0 saturated heterocycles. The number of benzene rings is 1. The molecule has 1 aliphatic heterocycles. The molecule has 0 aliphatic carbocycles. The number of rotatable bonds is 1. The van der Waals surface area contributed by atoms with Crippen LogP contribution in [0.15, 0.2) is 29.3 Å². The summed E-state index contributed by atoms with van der Waals surface area (Å²) in [6.07, 6.45) is 0. The van der Waals surface area contributed by atoms with Crippen LogP contribution in [0, 0.1) is 0 Å². The monoisotopic (exact) mass is 229 g/mol. The van der Waals surface area contributed by atoms with Gasteiger partial charge in [-0.3, -0.25) is 0 Å². The second-order valence-corrected chi connectivity index (χ2v) is 3.80. The number of para-hydroxylation sites is 1. The van der Waals surface area contributed by atoms with Gasteiger partial charge < -0.3 is 5.11 Å². The van der Waals surface area contributed by atoms with E-state index in [4.69, 9.17) is 28.3 Å². The quantitative estimate of drug-likeness (QED) is 0.569. The molecule has 2 rings (SSSR count). The highest BCUT2D eigenvalue weighted by Gasteiger charge is 2.42. The number of alkyl halides is 1. The molecule has 1 aliphatic rings. The molecule has 0 aromatic heterocycles. The standard InChI is InChI=1S/C9H5Cl2NO2/c10-7-5-3-1-2-4-6(5)12-9(7,11)8(13)14/h1-4H,(H,13,14). The topological polar surface area (TPSA) is 49.7 Å². The van der Waals surface area contributed by atoms with Crippen molar-refractivity contribution in [1.29, 1.82) is 0 Å². The van der Waals surface area contributed by atoms with Crippen LogP contribution in [0.5, 0.6) is 0 Å².